The molecule has 35 heavy (non-hydrogen) atoms. The second kappa shape index (κ2) is 9.41. The highest BCUT2D eigenvalue weighted by Crippen LogP contribution is 2.63. The molecule has 4 rings (SSSR count). The van der Waals surface area contributed by atoms with Crippen LogP contribution in [0.15, 0.2) is 49.6 Å². The van der Waals surface area contributed by atoms with Gasteiger partial charge in [0.25, 0.3) is 5.91 Å². The molecule has 3 aliphatic heterocycles. The molecule has 0 aliphatic carbocycles. The van der Waals surface area contributed by atoms with Crippen LogP contribution in [-0.2, 0) is 23.9 Å². The van der Waals surface area contributed by atoms with Crippen LogP contribution in [-0.4, -0.2) is 70.8 Å². The molecule has 0 aromatic heterocycles. The minimum atomic E-state index is -1.23. The minimum absolute atomic E-state index is 0.0120. The Balaban J connectivity index is 1.82. The third-order valence-corrected chi connectivity index (χ3v) is 7.83. The summed E-state index contributed by atoms with van der Waals surface area (Å²) in [5, 5.41) is 10.4. The molecule has 0 saturated carbocycles. The molecule has 2 bridgehead atoms. The van der Waals surface area contributed by atoms with E-state index in [1.165, 1.54) is 15.9 Å². The van der Waals surface area contributed by atoms with Crippen molar-refractivity contribution in [1.82, 2.24) is 4.90 Å². The van der Waals surface area contributed by atoms with Crippen LogP contribution in [0.4, 0.5) is 5.69 Å². The largest absolute Gasteiger partial charge is 0.461 e. The maximum Gasteiger partial charge on any atom is 0.313 e. The number of para-hydroxylation sites is 1. The summed E-state index contributed by atoms with van der Waals surface area (Å²) in [6.45, 7) is 10.6. The van der Waals surface area contributed by atoms with E-state index >= 15 is 0 Å². The number of anilines is 1. The molecule has 2 amide bonds. The van der Waals surface area contributed by atoms with Crippen molar-refractivity contribution in [2.75, 3.05) is 24.7 Å². The van der Waals surface area contributed by atoms with Gasteiger partial charge in [0.15, 0.2) is 0 Å². The van der Waals surface area contributed by atoms with E-state index in [-0.39, 0.29) is 19.8 Å². The topological polar surface area (TPSA) is 96.4 Å². The van der Waals surface area contributed by atoms with Gasteiger partial charge >= 0.3 is 5.97 Å². The number of carbonyl (C=O) groups is 3. The second-order valence-electron chi connectivity index (χ2n) is 9.61. The zero-order chi connectivity index (χ0) is 25.5. The number of aliphatic hydroxyl groups is 1. The van der Waals surface area contributed by atoms with Gasteiger partial charge in [0.2, 0.25) is 5.91 Å². The van der Waals surface area contributed by atoms with Crippen LogP contribution in [0.25, 0.3) is 0 Å². The Morgan fingerprint density at radius 3 is 2.69 bits per heavy atom. The van der Waals surface area contributed by atoms with Crippen molar-refractivity contribution in [2.24, 2.45) is 11.8 Å². The van der Waals surface area contributed by atoms with Crippen LogP contribution in [0.2, 0.25) is 5.02 Å². The fourth-order valence-electron chi connectivity index (χ4n) is 6.05. The van der Waals surface area contributed by atoms with Crippen molar-refractivity contribution < 1.29 is 29.0 Å². The van der Waals surface area contributed by atoms with Crippen molar-refractivity contribution in [3.05, 3.63) is 54.6 Å². The van der Waals surface area contributed by atoms with Gasteiger partial charge in [-0.3, -0.25) is 14.4 Å². The predicted octanol–water partition coefficient (Wildman–Crippen LogP) is 2.73. The van der Waals surface area contributed by atoms with Crippen molar-refractivity contribution in [3.63, 3.8) is 0 Å². The third kappa shape index (κ3) is 3.79. The number of hydrogen-bond donors (Lipinski definition) is 1. The lowest BCUT2D eigenvalue weighted by Gasteiger charge is -2.38. The highest BCUT2D eigenvalue weighted by Gasteiger charge is 2.79. The summed E-state index contributed by atoms with van der Waals surface area (Å²) in [6.07, 6.45) is 3.95. The average Bonchev–Trinajstić information content (AvgIpc) is 3.41. The molecule has 3 heterocycles. The zero-order valence-electron chi connectivity index (χ0n) is 20.0. The predicted molar refractivity (Wildman–Crippen MR) is 131 cm³/mol. The molecule has 6 atom stereocenters. The molecule has 188 valence electrons. The summed E-state index contributed by atoms with van der Waals surface area (Å²) in [5.74, 6) is -3.13. The molecular weight excluding hydrogens is 472 g/mol. The van der Waals surface area contributed by atoms with Gasteiger partial charge in [-0.25, -0.2) is 0 Å². The number of ether oxygens (including phenoxy) is 2. The first-order chi connectivity index (χ1) is 16.7. The van der Waals surface area contributed by atoms with E-state index in [0.717, 1.165) is 0 Å². The number of nitrogens with zero attached hydrogens (tertiary/aromatic N) is 2. The van der Waals surface area contributed by atoms with Crippen LogP contribution in [0.3, 0.4) is 0 Å². The molecule has 3 fully saturated rings. The fraction of sp³-hybridized carbons (Fsp3) is 0.500. The Morgan fingerprint density at radius 2 is 2.06 bits per heavy atom. The number of amides is 2. The number of esters is 1. The number of likely N-dealkylation sites (tertiary alicyclic amines) is 1. The molecule has 0 radical (unpaired) electrons. The highest BCUT2D eigenvalue weighted by atomic mass is 35.5. The van der Waals surface area contributed by atoms with Crippen LogP contribution in [0.5, 0.6) is 0 Å². The molecule has 1 spiro atoms. The molecule has 1 N–H and O–H groups in total. The zero-order valence-corrected chi connectivity index (χ0v) is 20.7. The van der Waals surface area contributed by atoms with Crippen molar-refractivity contribution in [3.8, 4) is 0 Å². The Morgan fingerprint density at radius 1 is 1.34 bits per heavy atom. The molecule has 2 unspecified atom stereocenters. The van der Waals surface area contributed by atoms with Gasteiger partial charge < -0.3 is 24.4 Å². The monoisotopic (exact) mass is 502 g/mol. The highest BCUT2D eigenvalue weighted by molar-refractivity contribution is 6.34. The SMILES string of the molecule is C=CCOC(=O)[C@H]1[C@H]2C(=O)N([C@H](C)CO)C(C(=O)N(CC=C)c3ccccc3Cl)C23CC[C@]1(C)O3. The molecule has 8 nitrogen and oxygen atoms in total. The summed E-state index contributed by atoms with van der Waals surface area (Å²) in [5.41, 5.74) is -1.70. The van der Waals surface area contributed by atoms with Crippen LogP contribution >= 0.6 is 11.6 Å². The number of benzene rings is 1. The van der Waals surface area contributed by atoms with E-state index in [4.69, 9.17) is 21.1 Å². The van der Waals surface area contributed by atoms with Gasteiger partial charge in [-0.05, 0) is 38.8 Å². The number of rotatable bonds is 9. The van der Waals surface area contributed by atoms with Crippen molar-refractivity contribution in [2.45, 2.75) is 50.0 Å². The van der Waals surface area contributed by atoms with Gasteiger partial charge in [-0.1, -0.05) is 42.5 Å². The Kier molecular flexibility index (Phi) is 6.83. The fourth-order valence-corrected chi connectivity index (χ4v) is 6.29. The summed E-state index contributed by atoms with van der Waals surface area (Å²) < 4.78 is 11.9. The van der Waals surface area contributed by atoms with Gasteiger partial charge in [-0.15, -0.1) is 6.58 Å². The maximum absolute atomic E-state index is 14.3. The van der Waals surface area contributed by atoms with E-state index in [2.05, 4.69) is 13.2 Å². The van der Waals surface area contributed by atoms with Gasteiger partial charge in [-0.2, -0.15) is 0 Å². The van der Waals surface area contributed by atoms with Crippen LogP contribution in [0, 0.1) is 11.8 Å². The smallest absolute Gasteiger partial charge is 0.313 e. The third-order valence-electron chi connectivity index (χ3n) is 7.51. The van der Waals surface area contributed by atoms with Gasteiger partial charge in [0.05, 0.1) is 34.9 Å². The van der Waals surface area contributed by atoms with E-state index < -0.39 is 52.9 Å². The molecular formula is C26H31ClN2O6. The normalized spacial score (nSPS) is 31.7. The van der Waals surface area contributed by atoms with Crippen molar-refractivity contribution >= 4 is 35.1 Å². The lowest BCUT2D eigenvalue weighted by atomic mass is 9.66. The van der Waals surface area contributed by atoms with Gasteiger partial charge in [0.1, 0.15) is 24.2 Å². The molecule has 3 aliphatic rings. The Hall–Kier alpha value is -2.68. The van der Waals surface area contributed by atoms with E-state index in [9.17, 15) is 19.5 Å². The summed E-state index contributed by atoms with van der Waals surface area (Å²) >= 11 is 6.43. The first-order valence-electron chi connectivity index (χ1n) is 11.7. The Labute approximate surface area is 210 Å². The summed E-state index contributed by atoms with van der Waals surface area (Å²) in [4.78, 5) is 44.1. The molecule has 9 heteroatoms. The van der Waals surface area contributed by atoms with E-state index in [1.807, 2.05) is 0 Å². The summed E-state index contributed by atoms with van der Waals surface area (Å²) in [7, 11) is 0. The Bertz CT molecular complexity index is 1060. The van der Waals surface area contributed by atoms with E-state index in [0.29, 0.717) is 23.6 Å². The molecule has 1 aromatic carbocycles. The number of aliphatic hydroxyl groups excluding tert-OH is 1. The van der Waals surface area contributed by atoms with E-state index in [1.54, 1.807) is 44.2 Å². The standard InChI is InChI=1S/C26H31ClN2O6/c1-5-13-28(18-10-8-7-9-17(18)27)23(32)21-26-12-11-25(4,35-26)20(24(33)34-14-6-2)19(26)22(31)29(21)16(3)15-30/h5-10,16,19-21,30H,1-2,11-15H2,3-4H3/t16-,19+,20-,21?,25+,26?/m1/s1. The second-order valence-corrected chi connectivity index (χ2v) is 10.0. The quantitative estimate of drug-likeness (QED) is 0.412. The maximum atomic E-state index is 14.3. The lowest BCUT2D eigenvalue weighted by Crippen LogP contribution is -2.58. The number of fused-ring (bicyclic) bond motifs is 1. The average molecular weight is 503 g/mol. The lowest BCUT2D eigenvalue weighted by molar-refractivity contribution is -0.159. The van der Waals surface area contributed by atoms with Crippen LogP contribution in [0.1, 0.15) is 26.7 Å². The number of hydrogen-bond acceptors (Lipinski definition) is 6. The first kappa shape index (κ1) is 25.4. The minimum Gasteiger partial charge on any atom is -0.461 e. The first-order valence-corrected chi connectivity index (χ1v) is 12.1. The molecule has 3 saturated heterocycles. The number of halogens is 1. The molecule has 1 aromatic rings. The summed E-state index contributed by atoms with van der Waals surface area (Å²) in [6, 6.07) is 5.20. The van der Waals surface area contributed by atoms with Crippen molar-refractivity contribution in [1.29, 1.82) is 0 Å². The van der Waals surface area contributed by atoms with Crippen LogP contribution < -0.4 is 4.90 Å². The number of carbonyl (C=O) groups excluding carboxylic acids is 3. The van der Waals surface area contributed by atoms with Gasteiger partial charge in [0, 0.05) is 6.54 Å².